The maximum absolute atomic E-state index is 13.4. The van der Waals surface area contributed by atoms with Crippen molar-refractivity contribution in [1.29, 1.82) is 0 Å². The first kappa shape index (κ1) is 29.4. The van der Waals surface area contributed by atoms with Gasteiger partial charge in [0.05, 0.1) is 10.9 Å². The van der Waals surface area contributed by atoms with Crippen LogP contribution in [0.2, 0.25) is 0 Å². The predicted molar refractivity (Wildman–Crippen MR) is 157 cm³/mol. The molecule has 40 heavy (non-hydrogen) atoms. The van der Waals surface area contributed by atoms with E-state index in [0.717, 1.165) is 22.9 Å². The van der Waals surface area contributed by atoms with Gasteiger partial charge in [-0.15, -0.1) is 0 Å². The molecule has 0 saturated heterocycles. The molecular weight excluding hydrogens is 578 g/mol. The van der Waals surface area contributed by atoms with Crippen molar-refractivity contribution >= 4 is 50.4 Å². The number of carbonyl (C=O) groups is 3. The fourth-order valence-electron chi connectivity index (χ4n) is 4.87. The Hall–Kier alpha value is -3.60. The van der Waals surface area contributed by atoms with Gasteiger partial charge in [0.25, 0.3) is 5.56 Å². The molecule has 1 atom stereocenters. The molecule has 2 aromatic carbocycles. The molecule has 0 radical (unpaired) electrons. The van der Waals surface area contributed by atoms with Gasteiger partial charge in [0, 0.05) is 29.0 Å². The van der Waals surface area contributed by atoms with E-state index in [4.69, 9.17) is 4.74 Å². The standard InChI is InChI=1S/C29H36BrN5O5/c1-29(2,3)40-28(39)31-16-18-4-8-19(9-5-18)25(36)33-24(14-17-6-10-20(30)11-7-17)27(38)32-21-12-13-22-23(15-21)34-35-26(22)37/h6-7,10-13,15,18-19,24H,4-5,8-9,14,16H2,1-3H3,(H,31,39)(H,32,38)(H,33,36)(H2,34,35,37). The molecule has 0 spiro atoms. The summed E-state index contributed by atoms with van der Waals surface area (Å²) in [4.78, 5) is 50.4. The average Bonchev–Trinajstić information content (AvgIpc) is 3.27. The van der Waals surface area contributed by atoms with E-state index < -0.39 is 17.7 Å². The summed E-state index contributed by atoms with van der Waals surface area (Å²) in [5.74, 6) is -0.433. The van der Waals surface area contributed by atoms with Crippen LogP contribution >= 0.6 is 15.9 Å². The Labute approximate surface area is 241 Å². The van der Waals surface area contributed by atoms with Crippen molar-refractivity contribution in [2.24, 2.45) is 11.8 Å². The fourth-order valence-corrected chi connectivity index (χ4v) is 5.13. The maximum atomic E-state index is 13.4. The molecule has 10 nitrogen and oxygen atoms in total. The number of fused-ring (bicyclic) bond motifs is 1. The van der Waals surface area contributed by atoms with Crippen molar-refractivity contribution in [2.45, 2.75) is 64.5 Å². The highest BCUT2D eigenvalue weighted by Gasteiger charge is 2.30. The van der Waals surface area contributed by atoms with E-state index in [1.165, 1.54) is 0 Å². The summed E-state index contributed by atoms with van der Waals surface area (Å²) in [7, 11) is 0. The Bertz CT molecular complexity index is 1400. The highest BCUT2D eigenvalue weighted by Crippen LogP contribution is 2.29. The first-order chi connectivity index (χ1) is 19.0. The zero-order valence-corrected chi connectivity index (χ0v) is 24.5. The number of hydrogen-bond acceptors (Lipinski definition) is 5. The van der Waals surface area contributed by atoms with Gasteiger partial charge >= 0.3 is 6.09 Å². The molecule has 5 N–H and O–H groups in total. The summed E-state index contributed by atoms with van der Waals surface area (Å²) in [5, 5.41) is 14.5. The minimum atomic E-state index is -0.791. The van der Waals surface area contributed by atoms with E-state index in [9.17, 15) is 19.2 Å². The number of H-pyrrole nitrogens is 2. The average molecular weight is 615 g/mol. The molecule has 11 heteroatoms. The second-order valence-corrected chi connectivity index (χ2v) is 12.2. The maximum Gasteiger partial charge on any atom is 0.407 e. The number of anilines is 1. The number of amides is 3. The lowest BCUT2D eigenvalue weighted by atomic mass is 9.81. The van der Waals surface area contributed by atoms with Gasteiger partial charge in [-0.25, -0.2) is 4.79 Å². The topological polar surface area (TPSA) is 145 Å². The number of halogens is 1. The first-order valence-electron chi connectivity index (χ1n) is 13.5. The van der Waals surface area contributed by atoms with Crippen molar-refractivity contribution < 1.29 is 19.1 Å². The lowest BCUT2D eigenvalue weighted by Crippen LogP contribution is -2.48. The van der Waals surface area contributed by atoms with Crippen LogP contribution in [0.5, 0.6) is 0 Å². The molecule has 1 aliphatic rings. The van der Waals surface area contributed by atoms with Crippen molar-refractivity contribution in [3.05, 3.63) is 62.9 Å². The lowest BCUT2D eigenvalue weighted by molar-refractivity contribution is -0.130. The van der Waals surface area contributed by atoms with E-state index in [2.05, 4.69) is 42.1 Å². The van der Waals surface area contributed by atoms with E-state index in [1.807, 2.05) is 45.0 Å². The molecule has 1 fully saturated rings. The Morgan fingerprint density at radius 2 is 1.73 bits per heavy atom. The molecule has 1 saturated carbocycles. The van der Waals surface area contributed by atoms with Gasteiger partial charge in [-0.2, -0.15) is 0 Å². The second kappa shape index (κ2) is 12.7. The number of carbonyl (C=O) groups excluding carboxylic acids is 3. The van der Waals surface area contributed by atoms with Crippen LogP contribution in [0.4, 0.5) is 10.5 Å². The lowest BCUT2D eigenvalue weighted by Gasteiger charge is -2.29. The summed E-state index contributed by atoms with van der Waals surface area (Å²) in [6.07, 6.45) is 2.84. The zero-order chi connectivity index (χ0) is 28.9. The van der Waals surface area contributed by atoms with Crippen LogP contribution in [0.1, 0.15) is 52.0 Å². The molecule has 0 aliphatic heterocycles. The highest BCUT2D eigenvalue weighted by atomic mass is 79.9. The monoisotopic (exact) mass is 613 g/mol. The van der Waals surface area contributed by atoms with Crippen molar-refractivity contribution in [3.63, 3.8) is 0 Å². The minimum absolute atomic E-state index is 0.152. The van der Waals surface area contributed by atoms with E-state index in [0.29, 0.717) is 42.4 Å². The third-order valence-corrected chi connectivity index (χ3v) is 7.51. The second-order valence-electron chi connectivity index (χ2n) is 11.3. The van der Waals surface area contributed by atoms with E-state index in [-0.39, 0.29) is 29.2 Å². The molecule has 0 bridgehead atoms. The molecule has 3 amide bonds. The molecule has 1 aromatic heterocycles. The van der Waals surface area contributed by atoms with Crippen molar-refractivity contribution in [1.82, 2.24) is 20.8 Å². The number of hydrogen-bond donors (Lipinski definition) is 5. The summed E-state index contributed by atoms with van der Waals surface area (Å²) in [6, 6.07) is 11.8. The number of aromatic amines is 2. The Balaban J connectivity index is 1.37. The zero-order valence-electron chi connectivity index (χ0n) is 22.9. The van der Waals surface area contributed by atoms with Crippen LogP contribution in [0, 0.1) is 11.8 Å². The molecular formula is C29H36BrN5O5. The van der Waals surface area contributed by atoms with Gasteiger partial charge < -0.3 is 20.7 Å². The van der Waals surface area contributed by atoms with E-state index in [1.54, 1.807) is 18.2 Å². The van der Waals surface area contributed by atoms with Crippen molar-refractivity contribution in [2.75, 3.05) is 11.9 Å². The van der Waals surface area contributed by atoms with Gasteiger partial charge in [-0.05, 0) is 88.3 Å². The van der Waals surface area contributed by atoms with Gasteiger partial charge in [0.15, 0.2) is 0 Å². The summed E-state index contributed by atoms with van der Waals surface area (Å²) in [5.41, 5.74) is 1.22. The van der Waals surface area contributed by atoms with Gasteiger partial charge in [-0.3, -0.25) is 24.6 Å². The molecule has 4 rings (SSSR count). The number of nitrogens with one attached hydrogen (secondary N) is 5. The number of alkyl carbamates (subject to hydrolysis) is 1. The van der Waals surface area contributed by atoms with Gasteiger partial charge in [-0.1, -0.05) is 28.1 Å². The number of aromatic nitrogens is 2. The summed E-state index contributed by atoms with van der Waals surface area (Å²) < 4.78 is 6.23. The fraction of sp³-hybridized carbons (Fsp3) is 0.448. The smallest absolute Gasteiger partial charge is 0.407 e. The van der Waals surface area contributed by atoms with Crippen molar-refractivity contribution in [3.8, 4) is 0 Å². The van der Waals surface area contributed by atoms with Crippen LogP contribution < -0.4 is 21.5 Å². The van der Waals surface area contributed by atoms with Crippen LogP contribution in [-0.4, -0.2) is 46.3 Å². The van der Waals surface area contributed by atoms with Crippen LogP contribution in [-0.2, 0) is 20.7 Å². The third kappa shape index (κ3) is 8.20. The molecule has 1 aliphatic carbocycles. The Kier molecular flexibility index (Phi) is 9.34. The number of benzene rings is 2. The molecule has 1 heterocycles. The van der Waals surface area contributed by atoms with Crippen LogP contribution in [0.15, 0.2) is 51.7 Å². The Morgan fingerprint density at radius 3 is 2.40 bits per heavy atom. The molecule has 214 valence electrons. The third-order valence-electron chi connectivity index (χ3n) is 6.98. The number of ether oxygens (including phenoxy) is 1. The van der Waals surface area contributed by atoms with Crippen LogP contribution in [0.25, 0.3) is 10.9 Å². The number of rotatable bonds is 8. The predicted octanol–water partition coefficient (Wildman–Crippen LogP) is 4.62. The quantitative estimate of drug-likeness (QED) is 0.252. The molecule has 3 aromatic rings. The van der Waals surface area contributed by atoms with Gasteiger partial charge in [0.2, 0.25) is 11.8 Å². The largest absolute Gasteiger partial charge is 0.444 e. The Morgan fingerprint density at radius 1 is 1.02 bits per heavy atom. The van der Waals surface area contributed by atoms with Gasteiger partial charge in [0.1, 0.15) is 11.6 Å². The van der Waals surface area contributed by atoms with E-state index >= 15 is 0 Å². The first-order valence-corrected chi connectivity index (χ1v) is 14.3. The summed E-state index contributed by atoms with van der Waals surface area (Å²) in [6.45, 7) is 5.98. The highest BCUT2D eigenvalue weighted by molar-refractivity contribution is 9.10. The van der Waals surface area contributed by atoms with Crippen LogP contribution in [0.3, 0.4) is 0 Å². The molecule has 1 unspecified atom stereocenters. The normalized spacial score (nSPS) is 18.1. The summed E-state index contributed by atoms with van der Waals surface area (Å²) >= 11 is 3.43. The minimum Gasteiger partial charge on any atom is -0.444 e. The SMILES string of the molecule is CC(C)(C)OC(=O)NCC1CCC(C(=O)NC(Cc2ccc(Br)cc2)C(=O)Nc2ccc3c(=O)[nH][nH]c3c2)CC1.